The summed E-state index contributed by atoms with van der Waals surface area (Å²) in [6.45, 7) is 0.676. The lowest BCUT2D eigenvalue weighted by Crippen LogP contribution is -3.00. The molecule has 0 N–H and O–H groups in total. The number of unbranched alkanes of at least 4 members (excludes halogenated alkanes) is 2. The van der Waals surface area contributed by atoms with Crippen molar-refractivity contribution in [3.05, 3.63) is 170 Å². The van der Waals surface area contributed by atoms with Crippen molar-refractivity contribution >= 4 is 73.6 Å². The molecule has 10 aromatic rings. The second kappa shape index (κ2) is 28.4. The highest BCUT2D eigenvalue weighted by Crippen LogP contribution is 2.41. The molecular formula is C62H52Br2N10O10. The van der Waals surface area contributed by atoms with Gasteiger partial charge in [0.05, 0.1) is 11.4 Å². The largest absolute Gasteiger partial charge is 1.00 e. The zero-order valence-corrected chi connectivity index (χ0v) is 48.1. The highest BCUT2D eigenvalue weighted by atomic mass is 79.9. The summed E-state index contributed by atoms with van der Waals surface area (Å²) in [5.41, 5.74) is 13.1. The summed E-state index contributed by atoms with van der Waals surface area (Å²) >= 11 is 3.24. The zero-order chi connectivity index (χ0) is 57.5. The molecule has 2 aliphatic rings. The van der Waals surface area contributed by atoms with E-state index in [1.807, 2.05) is 163 Å². The van der Waals surface area contributed by atoms with Crippen LogP contribution in [0.2, 0.25) is 0 Å². The van der Waals surface area contributed by atoms with Crippen LogP contribution >= 0.6 is 15.9 Å². The van der Waals surface area contributed by atoms with Gasteiger partial charge in [-0.15, -0.1) is 10.1 Å². The van der Waals surface area contributed by atoms with Crippen LogP contribution in [0.5, 0.6) is 0 Å². The number of benzene rings is 4. The fourth-order valence-electron chi connectivity index (χ4n) is 9.26. The van der Waals surface area contributed by atoms with Gasteiger partial charge in [-0.2, -0.15) is 0 Å². The number of imide groups is 2. The number of fused-ring (bicyclic) bond motifs is 2. The quantitative estimate of drug-likeness (QED) is 0.0364. The number of halogens is 2. The lowest BCUT2D eigenvalue weighted by Gasteiger charge is -2.12. The fourth-order valence-corrected chi connectivity index (χ4v) is 9.66. The predicted octanol–water partition coefficient (Wildman–Crippen LogP) is 7.86. The van der Waals surface area contributed by atoms with E-state index in [4.69, 9.17) is 24.1 Å². The molecular weight excluding hydrogens is 1200 g/mol. The van der Waals surface area contributed by atoms with Gasteiger partial charge >= 0.3 is 11.9 Å². The molecule has 20 nitrogen and oxygen atoms in total. The number of amides is 4. The Kier molecular flexibility index (Phi) is 20.0. The van der Waals surface area contributed by atoms with Gasteiger partial charge in [-0.3, -0.25) is 24.2 Å². The lowest BCUT2D eigenvalue weighted by molar-refractivity contribution is -0.697. The van der Waals surface area contributed by atoms with Crippen LogP contribution in [0.3, 0.4) is 0 Å². The minimum Gasteiger partial charge on any atom is -1.00 e. The van der Waals surface area contributed by atoms with E-state index in [2.05, 4.69) is 46.4 Å². The predicted molar refractivity (Wildman–Crippen MR) is 306 cm³/mol. The molecule has 4 aromatic carbocycles. The lowest BCUT2D eigenvalue weighted by atomic mass is 9.96. The topological polar surface area (TPSA) is 248 Å². The van der Waals surface area contributed by atoms with Crippen LogP contribution in [0.4, 0.5) is 0 Å². The van der Waals surface area contributed by atoms with Gasteiger partial charge in [0, 0.05) is 108 Å². The Labute approximate surface area is 499 Å². The van der Waals surface area contributed by atoms with Gasteiger partial charge in [0.1, 0.15) is 29.0 Å². The molecule has 4 amide bonds. The number of nitrogens with zero attached hydrogens (tertiary/aromatic N) is 10. The smallest absolute Gasteiger partial charge is 0.333 e. The number of hydrogen-bond acceptors (Lipinski definition) is 17. The van der Waals surface area contributed by atoms with Gasteiger partial charge < -0.3 is 26.7 Å². The van der Waals surface area contributed by atoms with Crippen LogP contribution in [-0.4, -0.2) is 86.6 Å². The normalized spacial score (nSPS) is 12.8. The molecule has 2 fully saturated rings. The minimum atomic E-state index is -0.583. The maximum atomic E-state index is 12.1. The molecule has 2 saturated heterocycles. The van der Waals surface area contributed by atoms with E-state index in [1.54, 1.807) is 12.4 Å². The van der Waals surface area contributed by atoms with E-state index in [9.17, 15) is 28.8 Å². The van der Waals surface area contributed by atoms with Crippen molar-refractivity contribution in [2.45, 2.75) is 70.8 Å². The molecule has 0 atom stereocenters. The molecule has 0 bridgehead atoms. The average Bonchev–Trinajstić information content (AvgIpc) is 2.32. The Bertz CT molecular complexity index is 3890. The van der Waals surface area contributed by atoms with Gasteiger partial charge in [-0.1, -0.05) is 137 Å². The number of pyridine rings is 4. The van der Waals surface area contributed by atoms with Crippen molar-refractivity contribution in [3.63, 3.8) is 0 Å². The van der Waals surface area contributed by atoms with Crippen molar-refractivity contribution in [2.24, 2.45) is 0 Å². The number of rotatable bonds is 17. The number of aryl methyl sites for hydroxylation is 1. The summed E-state index contributed by atoms with van der Waals surface area (Å²) in [5.74, 6) is -2.93. The third-order valence-corrected chi connectivity index (χ3v) is 13.9. The number of carbonyl (C=O) groups is 6. The molecule has 0 unspecified atom stereocenters. The molecule has 0 radical (unpaired) electrons. The minimum absolute atomic E-state index is 0. The van der Waals surface area contributed by atoms with E-state index in [-0.39, 0.29) is 55.5 Å². The van der Waals surface area contributed by atoms with E-state index in [0.29, 0.717) is 63.7 Å². The third-order valence-electron chi connectivity index (χ3n) is 13.4. The monoisotopic (exact) mass is 1250 g/mol. The average molecular weight is 1260 g/mol. The van der Waals surface area contributed by atoms with Crippen LogP contribution in [0, 0.1) is 0 Å². The molecule has 0 saturated carbocycles. The number of hydrogen-bond donors (Lipinski definition) is 0. The molecule has 12 rings (SSSR count). The Balaban J connectivity index is 0.000000168. The number of hydroxylamine groups is 4. The van der Waals surface area contributed by atoms with Crippen LogP contribution in [0.25, 0.3) is 89.4 Å². The number of aromatic nitrogens is 8. The molecule has 6 aromatic heterocycles. The van der Waals surface area contributed by atoms with Crippen LogP contribution in [0.1, 0.15) is 64.2 Å². The molecule has 8 heterocycles. The van der Waals surface area contributed by atoms with Gasteiger partial charge in [-0.05, 0) is 63.1 Å². The summed E-state index contributed by atoms with van der Waals surface area (Å²) < 4.78 is 12.4. The first-order valence-electron chi connectivity index (χ1n) is 26.8. The Morgan fingerprint density at radius 1 is 0.452 bits per heavy atom. The molecule has 0 aliphatic carbocycles. The van der Waals surface area contributed by atoms with Crippen LogP contribution in [-0.2, 0) is 45.0 Å². The molecule has 424 valence electrons. The Hall–Kier alpha value is -9.54. The molecule has 0 spiro atoms. The summed E-state index contributed by atoms with van der Waals surface area (Å²) in [6.07, 6.45) is 11.0. The molecule has 22 heteroatoms. The highest BCUT2D eigenvalue weighted by molar-refractivity contribution is 9.09. The van der Waals surface area contributed by atoms with E-state index < -0.39 is 35.6 Å². The first-order valence-corrected chi connectivity index (χ1v) is 27.9. The standard InChI is InChI=1S/C31H26N5O5.C22H14N4O.C9H12BrNO4.BrH/c37-24-14-15-25(38)36(24)40-26(39)13-7-8-18-35-19-16-23(17-20-35)28-27(21-9-3-1-4-10-21)30-31(34-41-33-30)29(32-28)22-11-5-2-6-12-22;1-3-7-15(8-4-1)18-19(17-11-13-23-14-12-17)24-20(16-9-5-2-6-10-16)22-21(18)25-27-26-22;10-6-2-1-3-9(14)15-11-7(12)4-5-8(11)13;/h1-6,9-12,16-17,19-20H,7-8,13-15,18H2;1-14H;1-6H2;1H/q+1;;;/p-1. The first-order chi connectivity index (χ1) is 40.6. The maximum absolute atomic E-state index is 12.1. The van der Waals surface area contributed by atoms with Crippen molar-refractivity contribution < 1.29 is 69.2 Å². The Morgan fingerprint density at radius 2 is 0.810 bits per heavy atom. The van der Waals surface area contributed by atoms with Gasteiger partial charge in [-0.25, -0.2) is 33.4 Å². The SMILES string of the molecule is O=C(CCCCBr)ON1C(=O)CCC1=O.O=C(CCCC[n+]1ccc(-c2nc(-c3ccccc3)c3nonc3c2-c2ccccc2)cc1)ON1C(=O)CCC1=O.[Br-].c1ccc(-c2nc(-c3ccncc3)c(-c3ccccc3)c3nonc23)cc1. The molecule has 2 aliphatic heterocycles. The summed E-state index contributed by atoms with van der Waals surface area (Å²) in [7, 11) is 0. The van der Waals surface area contributed by atoms with E-state index in [1.165, 1.54) is 0 Å². The van der Waals surface area contributed by atoms with E-state index >= 15 is 0 Å². The fraction of sp³-hybridized carbons (Fsp3) is 0.194. The second-order valence-electron chi connectivity index (χ2n) is 19.0. The van der Waals surface area contributed by atoms with Crippen molar-refractivity contribution in [2.75, 3.05) is 5.33 Å². The highest BCUT2D eigenvalue weighted by Gasteiger charge is 2.34. The Morgan fingerprint density at radius 3 is 1.21 bits per heavy atom. The van der Waals surface area contributed by atoms with Gasteiger partial charge in [0.2, 0.25) is 0 Å². The third kappa shape index (κ3) is 14.0. The zero-order valence-electron chi connectivity index (χ0n) is 45.0. The summed E-state index contributed by atoms with van der Waals surface area (Å²) in [5, 5.41) is 18.8. The summed E-state index contributed by atoms with van der Waals surface area (Å²) in [6, 6.07) is 47.7. The van der Waals surface area contributed by atoms with Gasteiger partial charge in [0.25, 0.3) is 23.6 Å². The second-order valence-corrected chi connectivity index (χ2v) is 19.8. The number of carbonyl (C=O) groups excluding carboxylic acids is 6. The molecule has 84 heavy (non-hydrogen) atoms. The van der Waals surface area contributed by atoms with Crippen LogP contribution in [0.15, 0.2) is 180 Å². The first kappa shape index (κ1) is 59.1. The maximum Gasteiger partial charge on any atom is 0.333 e. The van der Waals surface area contributed by atoms with Crippen molar-refractivity contribution in [3.8, 4) is 67.3 Å². The van der Waals surface area contributed by atoms with Crippen molar-refractivity contribution in [1.29, 1.82) is 0 Å². The number of alkyl halides is 1. The van der Waals surface area contributed by atoms with Crippen LogP contribution < -0.4 is 21.5 Å². The van der Waals surface area contributed by atoms with E-state index in [0.717, 1.165) is 73.3 Å². The summed E-state index contributed by atoms with van der Waals surface area (Å²) in [4.78, 5) is 92.4. The van der Waals surface area contributed by atoms with Crippen molar-refractivity contribution in [1.82, 2.24) is 45.7 Å². The van der Waals surface area contributed by atoms with Gasteiger partial charge in [0.15, 0.2) is 23.4 Å².